The van der Waals surface area contributed by atoms with Crippen LogP contribution in [0.4, 0.5) is 4.79 Å². The average Bonchev–Trinajstić information content (AvgIpc) is 3.07. The fourth-order valence-corrected chi connectivity index (χ4v) is 2.34. The molecule has 8 nitrogen and oxygen atoms in total. The third kappa shape index (κ3) is 10.5. The van der Waals surface area contributed by atoms with E-state index in [1.165, 1.54) is 0 Å². The van der Waals surface area contributed by atoms with Gasteiger partial charge in [0.2, 0.25) is 0 Å². The Balaban J connectivity index is 2.06. The van der Waals surface area contributed by atoms with Crippen LogP contribution in [0.5, 0.6) is 0 Å². The van der Waals surface area contributed by atoms with Gasteiger partial charge in [-0.2, -0.15) is 0 Å². The Bertz CT molecular complexity index is 431. The third-order valence-electron chi connectivity index (χ3n) is 3.80. The van der Waals surface area contributed by atoms with E-state index in [0.29, 0.717) is 25.0 Å². The number of nitrogens with one attached hydrogen (secondary N) is 2. The van der Waals surface area contributed by atoms with Crippen LogP contribution in [0.1, 0.15) is 33.6 Å². The molecule has 0 bridgehead atoms. The molecule has 1 amide bonds. The summed E-state index contributed by atoms with van der Waals surface area (Å²) in [5.41, 5.74) is -0.483. The van der Waals surface area contributed by atoms with E-state index in [9.17, 15) is 4.79 Å². The summed E-state index contributed by atoms with van der Waals surface area (Å²) in [4.78, 5) is 17.6. The van der Waals surface area contributed by atoms with Crippen LogP contribution in [0.2, 0.25) is 0 Å². The van der Waals surface area contributed by atoms with Gasteiger partial charge in [0.1, 0.15) is 5.60 Å². The first-order valence-corrected chi connectivity index (χ1v) is 9.36. The van der Waals surface area contributed by atoms with Crippen LogP contribution in [0.15, 0.2) is 4.99 Å². The van der Waals surface area contributed by atoms with Crippen LogP contribution in [0.3, 0.4) is 0 Å². The minimum atomic E-state index is -0.483. The second-order valence-corrected chi connectivity index (χ2v) is 7.49. The summed E-state index contributed by atoms with van der Waals surface area (Å²) < 4.78 is 16.3. The van der Waals surface area contributed by atoms with E-state index in [1.54, 1.807) is 19.0 Å². The lowest BCUT2D eigenvalue weighted by Crippen LogP contribution is -2.43. The molecule has 1 rings (SSSR count). The number of ether oxygens (including phenoxy) is 3. The van der Waals surface area contributed by atoms with Crippen LogP contribution in [-0.4, -0.2) is 82.7 Å². The zero-order valence-electron chi connectivity index (χ0n) is 17.0. The van der Waals surface area contributed by atoms with Crippen molar-refractivity contribution in [2.45, 2.75) is 39.2 Å². The van der Waals surface area contributed by atoms with E-state index in [0.717, 1.165) is 45.8 Å². The van der Waals surface area contributed by atoms with Crippen molar-refractivity contribution in [2.75, 3.05) is 60.2 Å². The van der Waals surface area contributed by atoms with Crippen LogP contribution in [-0.2, 0) is 14.2 Å². The highest BCUT2D eigenvalue weighted by Crippen LogP contribution is 2.12. The molecular weight excluding hydrogens is 336 g/mol. The van der Waals surface area contributed by atoms with Gasteiger partial charge in [0.05, 0.1) is 13.2 Å². The predicted octanol–water partition coefficient (Wildman–Crippen LogP) is 1.46. The summed E-state index contributed by atoms with van der Waals surface area (Å²) in [6.07, 6.45) is 1.69. The molecule has 1 heterocycles. The van der Waals surface area contributed by atoms with E-state index in [-0.39, 0.29) is 6.09 Å². The first-order valence-electron chi connectivity index (χ1n) is 9.36. The van der Waals surface area contributed by atoms with Gasteiger partial charge in [0.25, 0.3) is 0 Å². The smallest absolute Gasteiger partial charge is 0.410 e. The number of hydrogen-bond donors (Lipinski definition) is 2. The molecule has 0 spiro atoms. The first-order chi connectivity index (χ1) is 12.3. The number of likely N-dealkylation sites (N-methyl/N-ethyl adjacent to an activating group) is 1. The van der Waals surface area contributed by atoms with Crippen molar-refractivity contribution < 1.29 is 19.0 Å². The molecule has 1 saturated heterocycles. The first kappa shape index (κ1) is 22.5. The van der Waals surface area contributed by atoms with Gasteiger partial charge < -0.3 is 29.7 Å². The van der Waals surface area contributed by atoms with Gasteiger partial charge in [-0.1, -0.05) is 0 Å². The maximum absolute atomic E-state index is 11.9. The molecule has 2 N–H and O–H groups in total. The van der Waals surface area contributed by atoms with Gasteiger partial charge in [-0.05, 0) is 33.6 Å². The molecule has 1 atom stereocenters. The SMILES string of the molecule is CN=C(NCCCOCC1CCOC1)NCCN(C)C(=O)OC(C)(C)C. The molecule has 1 fully saturated rings. The monoisotopic (exact) mass is 372 g/mol. The van der Waals surface area contributed by atoms with Crippen molar-refractivity contribution in [1.29, 1.82) is 0 Å². The molecule has 1 unspecified atom stereocenters. The van der Waals surface area contributed by atoms with Crippen molar-refractivity contribution >= 4 is 12.1 Å². The molecule has 26 heavy (non-hydrogen) atoms. The van der Waals surface area contributed by atoms with Crippen LogP contribution in [0.25, 0.3) is 0 Å². The Hall–Kier alpha value is -1.54. The average molecular weight is 373 g/mol. The van der Waals surface area contributed by atoms with Crippen LogP contribution >= 0.6 is 0 Å². The zero-order valence-corrected chi connectivity index (χ0v) is 17.0. The molecule has 0 aromatic rings. The number of rotatable bonds is 9. The molecule has 1 aliphatic heterocycles. The lowest BCUT2D eigenvalue weighted by Gasteiger charge is -2.24. The van der Waals surface area contributed by atoms with E-state index in [1.807, 2.05) is 20.8 Å². The van der Waals surface area contributed by atoms with E-state index < -0.39 is 5.60 Å². The summed E-state index contributed by atoms with van der Waals surface area (Å²) in [5, 5.41) is 6.42. The summed E-state index contributed by atoms with van der Waals surface area (Å²) >= 11 is 0. The minimum Gasteiger partial charge on any atom is -0.444 e. The summed E-state index contributed by atoms with van der Waals surface area (Å²) in [6, 6.07) is 0. The van der Waals surface area contributed by atoms with Crippen molar-refractivity contribution in [3.05, 3.63) is 0 Å². The Morgan fingerprint density at radius 2 is 2.04 bits per heavy atom. The molecule has 0 aromatic carbocycles. The van der Waals surface area contributed by atoms with Crippen molar-refractivity contribution in [3.8, 4) is 0 Å². The van der Waals surface area contributed by atoms with E-state index in [2.05, 4.69) is 15.6 Å². The quantitative estimate of drug-likeness (QED) is 0.362. The number of aliphatic imine (C=N–C) groups is 1. The highest BCUT2D eigenvalue weighted by molar-refractivity contribution is 5.79. The second kappa shape index (κ2) is 12.0. The maximum Gasteiger partial charge on any atom is 0.410 e. The Morgan fingerprint density at radius 1 is 1.31 bits per heavy atom. The number of nitrogens with zero attached hydrogens (tertiary/aromatic N) is 2. The predicted molar refractivity (Wildman–Crippen MR) is 103 cm³/mol. The van der Waals surface area contributed by atoms with E-state index >= 15 is 0 Å². The Labute approximate surface area is 157 Å². The van der Waals surface area contributed by atoms with Gasteiger partial charge in [-0.15, -0.1) is 0 Å². The minimum absolute atomic E-state index is 0.327. The van der Waals surface area contributed by atoms with Crippen LogP contribution in [0, 0.1) is 5.92 Å². The van der Waals surface area contributed by atoms with Crippen LogP contribution < -0.4 is 10.6 Å². The largest absolute Gasteiger partial charge is 0.444 e. The number of guanidine groups is 1. The highest BCUT2D eigenvalue weighted by atomic mass is 16.6. The van der Waals surface area contributed by atoms with Crippen molar-refractivity contribution in [3.63, 3.8) is 0 Å². The second-order valence-electron chi connectivity index (χ2n) is 7.49. The van der Waals surface area contributed by atoms with Crippen molar-refractivity contribution in [1.82, 2.24) is 15.5 Å². The fraction of sp³-hybridized carbons (Fsp3) is 0.889. The Kier molecular flexibility index (Phi) is 10.3. The van der Waals surface area contributed by atoms with Gasteiger partial charge in [0, 0.05) is 52.9 Å². The lowest BCUT2D eigenvalue weighted by atomic mass is 10.1. The highest BCUT2D eigenvalue weighted by Gasteiger charge is 2.19. The van der Waals surface area contributed by atoms with Crippen molar-refractivity contribution in [2.24, 2.45) is 10.9 Å². The van der Waals surface area contributed by atoms with Gasteiger partial charge in [0.15, 0.2) is 5.96 Å². The molecular formula is C18H36N4O4. The molecule has 1 aliphatic rings. The summed E-state index contributed by atoms with van der Waals surface area (Å²) in [6.45, 7) is 10.7. The summed E-state index contributed by atoms with van der Waals surface area (Å²) in [7, 11) is 3.45. The number of carbonyl (C=O) groups excluding carboxylic acids is 1. The summed E-state index contributed by atoms with van der Waals surface area (Å²) in [5.74, 6) is 1.27. The normalized spacial score (nSPS) is 17.9. The standard InChI is InChI=1S/C18H36N4O4/c1-18(2,3)26-17(23)22(5)10-9-21-16(19-4)20-8-6-11-24-13-15-7-12-25-14-15/h15H,6-14H2,1-5H3,(H2,19,20,21). The van der Waals surface area contributed by atoms with Gasteiger partial charge >= 0.3 is 6.09 Å². The van der Waals surface area contributed by atoms with E-state index in [4.69, 9.17) is 14.2 Å². The number of amides is 1. The fourth-order valence-electron chi connectivity index (χ4n) is 2.34. The molecule has 152 valence electrons. The number of carbonyl (C=O) groups is 1. The molecule has 0 aromatic heterocycles. The molecule has 0 saturated carbocycles. The zero-order chi connectivity index (χ0) is 19.4. The lowest BCUT2D eigenvalue weighted by molar-refractivity contribution is 0.0302. The third-order valence-corrected chi connectivity index (χ3v) is 3.80. The molecule has 0 aliphatic carbocycles. The maximum atomic E-state index is 11.9. The molecule has 8 heteroatoms. The topological polar surface area (TPSA) is 84.4 Å². The number of hydrogen-bond acceptors (Lipinski definition) is 5. The van der Waals surface area contributed by atoms with Gasteiger partial charge in [-0.3, -0.25) is 4.99 Å². The molecule has 0 radical (unpaired) electrons. The van der Waals surface area contributed by atoms with Gasteiger partial charge in [-0.25, -0.2) is 4.79 Å². The Morgan fingerprint density at radius 3 is 2.65 bits per heavy atom.